The number of hydrogen-bond acceptors (Lipinski definition) is 1. The lowest BCUT2D eigenvalue weighted by Crippen LogP contribution is -2.28. The van der Waals surface area contributed by atoms with Gasteiger partial charge in [0, 0.05) is 38.8 Å². The molecule has 3 heteroatoms. The van der Waals surface area contributed by atoms with Crippen LogP contribution in [0.4, 0.5) is 11.4 Å². The van der Waals surface area contributed by atoms with Crippen LogP contribution in [0.3, 0.4) is 0 Å². The number of fused-ring (bicyclic) bond motifs is 9. The third-order valence-electron chi connectivity index (χ3n) is 9.67. The molecule has 0 saturated heterocycles. The Morgan fingerprint density at radius 2 is 0.930 bits per heavy atom. The molecule has 10 aromatic rings. The average molecular weight is 763 g/mol. The summed E-state index contributed by atoms with van der Waals surface area (Å²) in [5, 5.41) is -2.92. The molecular weight excluding hydrogens is 691 g/mol. The number of allylic oxidation sites excluding steroid dienone is 2. The molecule has 1 aliphatic carbocycles. The number of anilines is 2. The highest BCUT2D eigenvalue weighted by molar-refractivity contribution is 6.18. The van der Waals surface area contributed by atoms with Gasteiger partial charge in [-0.25, -0.2) is 0 Å². The highest BCUT2D eigenvalue weighted by Crippen LogP contribution is 2.51. The van der Waals surface area contributed by atoms with Crippen LogP contribution in [0.15, 0.2) is 212 Å². The van der Waals surface area contributed by atoms with E-state index in [1.807, 2.05) is 0 Å². The first-order valence-corrected chi connectivity index (χ1v) is 17.0. The molecule has 2 atom stereocenters. The fourth-order valence-corrected chi connectivity index (χ4v) is 7.33. The summed E-state index contributed by atoms with van der Waals surface area (Å²) in [6, 6.07) is -37.1. The quantitative estimate of drug-likeness (QED) is 0.170. The minimum Gasteiger partial charge on any atom is -0.332 e. The number of benzene rings is 8. The average Bonchev–Trinajstić information content (AvgIpc) is 1.50. The molecule has 2 aliphatic rings. The molecule has 0 radical (unpaired) electrons. The van der Waals surface area contributed by atoms with Crippen LogP contribution in [0.5, 0.6) is 0 Å². The molecule has 0 amide bonds. The Morgan fingerprint density at radius 3 is 1.72 bits per heavy atom. The van der Waals surface area contributed by atoms with Gasteiger partial charge >= 0.3 is 0 Å². The van der Waals surface area contributed by atoms with Crippen LogP contribution in [0.1, 0.15) is 59.5 Å². The monoisotopic (exact) mass is 763 g/mol. The van der Waals surface area contributed by atoms with Gasteiger partial charge in [0.1, 0.15) is 0 Å². The Balaban J connectivity index is 1.29. The van der Waals surface area contributed by atoms with Crippen LogP contribution in [0.2, 0.25) is 0 Å². The number of para-hydroxylation sites is 4. The molecule has 0 N–H and O–H groups in total. The first kappa shape index (κ1) is 12.8. The van der Waals surface area contributed by atoms with E-state index in [1.54, 1.807) is 0 Å². The lowest BCUT2D eigenvalue weighted by atomic mass is 9.91. The molecule has 268 valence electrons. The maximum atomic E-state index is 9.93. The molecule has 8 aromatic carbocycles. The predicted octanol–water partition coefficient (Wildman–Crippen LogP) is 13.9. The van der Waals surface area contributed by atoms with E-state index in [0.29, 0.717) is 4.57 Å². The van der Waals surface area contributed by atoms with E-state index in [9.17, 15) is 23.3 Å². The zero-order valence-electron chi connectivity index (χ0n) is 63.5. The zero-order valence-corrected chi connectivity index (χ0v) is 28.5. The van der Waals surface area contributed by atoms with Crippen molar-refractivity contribution in [1.82, 2.24) is 9.13 Å². The van der Waals surface area contributed by atoms with E-state index >= 15 is 0 Å². The summed E-state index contributed by atoms with van der Waals surface area (Å²) < 4.78 is 322. The molecule has 0 fully saturated rings. The Bertz CT molecular complexity index is 5220. The van der Waals surface area contributed by atoms with Crippen molar-refractivity contribution in [3.8, 4) is 33.6 Å². The van der Waals surface area contributed by atoms with Crippen LogP contribution in [0, 0.1) is 0 Å². The van der Waals surface area contributed by atoms with Crippen molar-refractivity contribution in [2.24, 2.45) is 0 Å². The standard InChI is InChI=1S/C54H37N3/c1-2-14-36(15-3-1)37-28-30-38(31-29-37)39-32-34-40(35-33-39)55-49-24-11-7-19-45(49)53-50(55)25-13-26-51(53)57-48-23-10-6-18-43(48)44-20-12-27-52(54(44)57)56-46-21-8-4-16-41(46)42-17-5-9-22-47(42)56/h1-35,41,46H/i1D,2D,3D,4D,5D,6D,7D,8D,9D,10D,11D,12D,13D,14D,15D,16D,17D,18D,19D,20D,21D,22D,23D,24D,25D,26D,27D,28D,29D,30D,31D,32D,33D,34D,35D. The second kappa shape index (κ2) is 12.6. The van der Waals surface area contributed by atoms with E-state index in [1.165, 1.54) is 0 Å². The van der Waals surface area contributed by atoms with Crippen molar-refractivity contribution < 1.29 is 48.0 Å². The fraction of sp³-hybridized carbons (Fsp3) is 0.0370. The van der Waals surface area contributed by atoms with Crippen molar-refractivity contribution in [1.29, 1.82) is 0 Å². The molecule has 0 bridgehead atoms. The molecular formula is C54H37N3. The van der Waals surface area contributed by atoms with Gasteiger partial charge in [0.05, 0.1) is 87.5 Å². The molecule has 12 rings (SSSR count). The van der Waals surface area contributed by atoms with E-state index in [-0.39, 0.29) is 0 Å². The third kappa shape index (κ3) is 4.79. The van der Waals surface area contributed by atoms with Crippen molar-refractivity contribution in [2.75, 3.05) is 4.90 Å². The summed E-state index contributed by atoms with van der Waals surface area (Å²) >= 11 is 0. The third-order valence-corrected chi connectivity index (χ3v) is 9.67. The maximum Gasteiger partial charge on any atom is 0.0779 e. The van der Waals surface area contributed by atoms with Gasteiger partial charge in [-0.15, -0.1) is 0 Å². The maximum absolute atomic E-state index is 9.93. The van der Waals surface area contributed by atoms with Crippen LogP contribution in [0.25, 0.3) is 77.2 Å². The molecule has 2 aromatic heterocycles. The van der Waals surface area contributed by atoms with Gasteiger partial charge in [-0.2, -0.15) is 0 Å². The normalized spacial score (nSPS) is 25.2. The topological polar surface area (TPSA) is 13.1 Å². The second-order valence-electron chi connectivity index (χ2n) is 12.6. The van der Waals surface area contributed by atoms with Crippen molar-refractivity contribution >= 4 is 55.0 Å². The Hall–Kier alpha value is -7.36. The molecule has 3 nitrogen and oxygen atoms in total. The van der Waals surface area contributed by atoms with Gasteiger partial charge in [0.2, 0.25) is 0 Å². The summed E-state index contributed by atoms with van der Waals surface area (Å²) in [5.74, 6) is -1.75. The zero-order chi connectivity index (χ0) is 67.9. The second-order valence-corrected chi connectivity index (χ2v) is 12.6. The molecule has 2 unspecified atom stereocenters. The van der Waals surface area contributed by atoms with Crippen LogP contribution < -0.4 is 4.90 Å². The van der Waals surface area contributed by atoms with Gasteiger partial charge in [0.25, 0.3) is 0 Å². The van der Waals surface area contributed by atoms with Gasteiger partial charge in [-0.05, 0) is 76.2 Å². The van der Waals surface area contributed by atoms with Crippen LogP contribution in [-0.4, -0.2) is 15.2 Å². The fourth-order valence-electron chi connectivity index (χ4n) is 7.33. The molecule has 57 heavy (non-hydrogen) atoms. The van der Waals surface area contributed by atoms with Gasteiger partial charge < -0.3 is 14.0 Å². The Kier molecular flexibility index (Phi) is 2.84. The summed E-state index contributed by atoms with van der Waals surface area (Å²) in [6.45, 7) is 0. The first-order valence-electron chi connectivity index (χ1n) is 34.5. The van der Waals surface area contributed by atoms with Gasteiger partial charge in [0.15, 0.2) is 0 Å². The largest absolute Gasteiger partial charge is 0.332 e. The van der Waals surface area contributed by atoms with E-state index in [0.717, 1.165) is 9.47 Å². The van der Waals surface area contributed by atoms with Crippen LogP contribution >= 0.6 is 0 Å². The molecule has 0 saturated carbocycles. The smallest absolute Gasteiger partial charge is 0.0779 e. The summed E-state index contributed by atoms with van der Waals surface area (Å²) in [5.41, 5.74) is -10.5. The number of aromatic nitrogens is 2. The predicted molar refractivity (Wildman–Crippen MR) is 239 cm³/mol. The lowest BCUT2D eigenvalue weighted by Gasteiger charge is -2.30. The SMILES string of the molecule is [2H]C1=C([2H])C2c3c([2H])c([2H])c([2H])c([2H])c3N(c3c([2H])c([2H])c([2H])c4c5c([2H])c([2H])c([2H])c([2H])c5n(-c5c([2H])c([2H])c([2H])c6c5c5c([2H])c([2H])c([2H])c([2H])c5n6-c5c([2H])c([2H])c(-c6c([2H])c([2H])c(-c7c([2H])c([2H])c([2H])c([2H])c7[2H])c([2H])c6[2H])c([2H])c5[2H])c34)C2C([2H])=C1[2H]. The molecule has 3 heterocycles. The minimum absolute atomic E-state index is 0.460. The Labute approximate surface area is 380 Å². The summed E-state index contributed by atoms with van der Waals surface area (Å²) in [4.78, 5) is 0.855. The van der Waals surface area contributed by atoms with Crippen LogP contribution in [-0.2, 0) is 0 Å². The van der Waals surface area contributed by atoms with Crippen molar-refractivity contribution in [2.45, 2.75) is 12.0 Å². The summed E-state index contributed by atoms with van der Waals surface area (Å²) in [7, 11) is 0. The van der Waals surface area contributed by atoms with Gasteiger partial charge in [-0.1, -0.05) is 163 Å². The van der Waals surface area contributed by atoms with Crippen molar-refractivity contribution in [3.63, 3.8) is 0 Å². The minimum atomic E-state index is -1.93. The number of rotatable bonds is 5. The first-order chi connectivity index (χ1) is 42.9. The van der Waals surface area contributed by atoms with E-state index in [2.05, 4.69) is 0 Å². The molecule has 1 aliphatic heterocycles. The van der Waals surface area contributed by atoms with Crippen molar-refractivity contribution in [3.05, 3.63) is 217 Å². The highest BCUT2D eigenvalue weighted by atomic mass is 15.2. The van der Waals surface area contributed by atoms with E-state index < -0.39 is 318 Å². The Morgan fingerprint density at radius 1 is 0.386 bits per heavy atom. The number of nitrogens with zero attached hydrogens (tertiary/aromatic N) is 3. The van der Waals surface area contributed by atoms with Gasteiger partial charge in [-0.3, -0.25) is 0 Å². The van der Waals surface area contributed by atoms with E-state index in [4.69, 9.17) is 24.7 Å². The number of hydrogen-bond donors (Lipinski definition) is 0. The lowest BCUT2D eigenvalue weighted by molar-refractivity contribution is 0.745. The highest BCUT2D eigenvalue weighted by Gasteiger charge is 2.38. The summed E-state index contributed by atoms with van der Waals surface area (Å²) in [6.07, 6.45) is 0. The molecule has 0 spiro atoms.